The lowest BCUT2D eigenvalue weighted by Gasteiger charge is -2.22. The fourth-order valence-corrected chi connectivity index (χ4v) is 1.26. The highest BCUT2D eigenvalue weighted by atomic mass is 19.4. The Labute approximate surface area is 100 Å². The van der Waals surface area contributed by atoms with E-state index in [0.29, 0.717) is 4.90 Å². The number of halogens is 3. The second kappa shape index (κ2) is 5.35. The topological polar surface area (TPSA) is 77.2 Å². The molecule has 8 heteroatoms. The predicted molar refractivity (Wildman–Crippen MR) is 54.9 cm³/mol. The fourth-order valence-electron chi connectivity index (χ4n) is 1.26. The Bertz CT molecular complexity index is 482. The van der Waals surface area contributed by atoms with Gasteiger partial charge in [-0.05, 0) is 12.1 Å². The molecule has 1 aromatic rings. The first-order valence-corrected chi connectivity index (χ1v) is 4.72. The van der Waals surface area contributed by atoms with Gasteiger partial charge in [-0.1, -0.05) is 6.07 Å². The van der Waals surface area contributed by atoms with E-state index >= 15 is 0 Å². The maximum absolute atomic E-state index is 12.3. The normalized spacial score (nSPS) is 10.8. The molecule has 0 radical (unpaired) electrons. The molecule has 0 aliphatic carbocycles. The fraction of sp³-hybridized carbons (Fsp3) is 0.300. The van der Waals surface area contributed by atoms with Gasteiger partial charge in [-0.2, -0.15) is 18.4 Å². The van der Waals surface area contributed by atoms with Gasteiger partial charge in [0.2, 0.25) is 0 Å². The number of carboxylic acids is 1. The lowest BCUT2D eigenvalue weighted by atomic mass is 10.3. The van der Waals surface area contributed by atoms with Crippen molar-refractivity contribution in [1.29, 1.82) is 5.26 Å². The van der Waals surface area contributed by atoms with Gasteiger partial charge in [-0.3, -0.25) is 4.79 Å². The van der Waals surface area contributed by atoms with Crippen molar-refractivity contribution in [1.82, 2.24) is 4.98 Å². The van der Waals surface area contributed by atoms with Crippen molar-refractivity contribution in [3.05, 3.63) is 23.9 Å². The minimum atomic E-state index is -4.56. The number of aliphatic carboxylic acids is 1. The first-order chi connectivity index (χ1) is 8.31. The van der Waals surface area contributed by atoms with Crippen LogP contribution in [0.15, 0.2) is 18.2 Å². The van der Waals surface area contributed by atoms with E-state index in [-0.39, 0.29) is 11.5 Å². The zero-order valence-electron chi connectivity index (χ0n) is 8.98. The number of nitrogens with zero attached hydrogens (tertiary/aromatic N) is 3. The van der Waals surface area contributed by atoms with Crippen LogP contribution in [0.2, 0.25) is 0 Å². The van der Waals surface area contributed by atoms with Crippen molar-refractivity contribution in [2.24, 2.45) is 0 Å². The quantitative estimate of drug-likeness (QED) is 0.884. The van der Waals surface area contributed by atoms with Crippen molar-refractivity contribution in [2.45, 2.75) is 6.18 Å². The first kappa shape index (κ1) is 13.8. The number of anilines is 1. The summed E-state index contributed by atoms with van der Waals surface area (Å²) in [6.45, 7) is -2.29. The third kappa shape index (κ3) is 4.29. The minimum Gasteiger partial charge on any atom is -0.480 e. The number of pyridine rings is 1. The van der Waals surface area contributed by atoms with Crippen LogP contribution in [0.3, 0.4) is 0 Å². The number of alkyl halides is 3. The van der Waals surface area contributed by atoms with Gasteiger partial charge >= 0.3 is 12.1 Å². The van der Waals surface area contributed by atoms with Crippen molar-refractivity contribution < 1.29 is 23.1 Å². The molecule has 1 rings (SSSR count). The van der Waals surface area contributed by atoms with E-state index < -0.39 is 25.2 Å². The summed E-state index contributed by atoms with van der Waals surface area (Å²) in [6, 6.07) is 5.54. The Morgan fingerprint density at radius 2 is 2.17 bits per heavy atom. The molecule has 0 saturated carbocycles. The van der Waals surface area contributed by atoms with Gasteiger partial charge in [-0.15, -0.1) is 0 Å². The highest BCUT2D eigenvalue weighted by Crippen LogP contribution is 2.20. The molecule has 1 N–H and O–H groups in total. The van der Waals surface area contributed by atoms with Crippen LogP contribution in [0.25, 0.3) is 0 Å². The van der Waals surface area contributed by atoms with E-state index in [1.54, 1.807) is 6.07 Å². The van der Waals surface area contributed by atoms with Gasteiger partial charge in [0, 0.05) is 0 Å². The van der Waals surface area contributed by atoms with E-state index in [1.165, 1.54) is 18.2 Å². The van der Waals surface area contributed by atoms with Crippen LogP contribution in [0.4, 0.5) is 19.0 Å². The molecular formula is C10H8F3N3O2. The Kier molecular flexibility index (Phi) is 4.09. The number of aromatic nitrogens is 1. The molecular weight excluding hydrogens is 251 g/mol. The molecule has 1 heterocycles. The van der Waals surface area contributed by atoms with Crippen molar-refractivity contribution >= 4 is 11.8 Å². The summed E-state index contributed by atoms with van der Waals surface area (Å²) in [5, 5.41) is 17.2. The van der Waals surface area contributed by atoms with Crippen molar-refractivity contribution in [2.75, 3.05) is 18.0 Å². The Balaban J connectivity index is 3.01. The summed E-state index contributed by atoms with van der Waals surface area (Å²) < 4.78 is 36.9. The van der Waals surface area contributed by atoms with Crippen LogP contribution in [0.1, 0.15) is 5.69 Å². The molecule has 0 aromatic carbocycles. The molecule has 96 valence electrons. The van der Waals surface area contributed by atoms with E-state index in [0.717, 1.165) is 0 Å². The van der Waals surface area contributed by atoms with Crippen molar-refractivity contribution in [3.8, 4) is 6.07 Å². The number of carboxylic acid groups (broad SMARTS) is 1. The van der Waals surface area contributed by atoms with Gasteiger partial charge in [0.15, 0.2) is 0 Å². The molecule has 0 atom stereocenters. The Hall–Kier alpha value is -2.30. The van der Waals surface area contributed by atoms with Gasteiger partial charge in [0.25, 0.3) is 0 Å². The van der Waals surface area contributed by atoms with E-state index in [4.69, 9.17) is 10.4 Å². The molecule has 0 saturated heterocycles. The molecule has 0 spiro atoms. The lowest BCUT2D eigenvalue weighted by molar-refractivity contribution is -0.136. The summed E-state index contributed by atoms with van der Waals surface area (Å²) in [6.07, 6.45) is -4.56. The van der Waals surface area contributed by atoms with Crippen LogP contribution in [-0.2, 0) is 4.79 Å². The Morgan fingerprint density at radius 3 is 2.67 bits per heavy atom. The zero-order chi connectivity index (χ0) is 13.8. The first-order valence-electron chi connectivity index (χ1n) is 4.72. The SMILES string of the molecule is N#Cc1cccc(N(CC(=O)O)CC(F)(F)F)n1. The Morgan fingerprint density at radius 1 is 1.50 bits per heavy atom. The van der Waals surface area contributed by atoms with Crippen LogP contribution in [0, 0.1) is 11.3 Å². The summed E-state index contributed by atoms with van der Waals surface area (Å²) >= 11 is 0. The maximum atomic E-state index is 12.3. The van der Waals surface area contributed by atoms with Gasteiger partial charge < -0.3 is 10.0 Å². The van der Waals surface area contributed by atoms with Crippen molar-refractivity contribution in [3.63, 3.8) is 0 Å². The number of nitriles is 1. The van der Waals surface area contributed by atoms with Crippen LogP contribution < -0.4 is 4.90 Å². The van der Waals surface area contributed by atoms with Gasteiger partial charge in [-0.25, -0.2) is 4.98 Å². The number of carbonyl (C=O) groups is 1. The predicted octanol–water partition coefficient (Wildman–Crippen LogP) is 1.41. The minimum absolute atomic E-state index is 0.0786. The average Bonchev–Trinajstić information content (AvgIpc) is 2.26. The number of hydrogen-bond acceptors (Lipinski definition) is 4. The van der Waals surface area contributed by atoms with E-state index in [1.807, 2.05) is 0 Å². The molecule has 0 amide bonds. The van der Waals surface area contributed by atoms with Crippen LogP contribution in [-0.4, -0.2) is 35.3 Å². The van der Waals surface area contributed by atoms with Gasteiger partial charge in [0.05, 0.1) is 0 Å². The summed E-state index contributed by atoms with van der Waals surface area (Å²) in [5.41, 5.74) is -0.0786. The molecule has 0 aliphatic rings. The highest BCUT2D eigenvalue weighted by Gasteiger charge is 2.32. The third-order valence-electron chi connectivity index (χ3n) is 1.87. The van der Waals surface area contributed by atoms with Crippen LogP contribution in [0.5, 0.6) is 0 Å². The standard InChI is InChI=1S/C10H8F3N3O2/c11-10(12,13)6-16(5-9(17)18)8-3-1-2-7(4-14)15-8/h1-3H,5-6H2,(H,17,18). The third-order valence-corrected chi connectivity index (χ3v) is 1.87. The molecule has 0 bridgehead atoms. The monoisotopic (exact) mass is 259 g/mol. The molecule has 0 aliphatic heterocycles. The number of hydrogen-bond donors (Lipinski definition) is 1. The second-order valence-electron chi connectivity index (χ2n) is 3.36. The van der Waals surface area contributed by atoms with E-state index in [2.05, 4.69) is 4.98 Å². The average molecular weight is 259 g/mol. The smallest absolute Gasteiger partial charge is 0.405 e. The maximum Gasteiger partial charge on any atom is 0.405 e. The highest BCUT2D eigenvalue weighted by molar-refractivity contribution is 5.73. The largest absolute Gasteiger partial charge is 0.480 e. The number of rotatable bonds is 4. The second-order valence-corrected chi connectivity index (χ2v) is 3.36. The summed E-state index contributed by atoms with van der Waals surface area (Å²) in [5.74, 6) is -1.61. The summed E-state index contributed by atoms with van der Waals surface area (Å²) in [7, 11) is 0. The van der Waals surface area contributed by atoms with Gasteiger partial charge in [0.1, 0.15) is 30.7 Å². The van der Waals surface area contributed by atoms with E-state index in [9.17, 15) is 18.0 Å². The molecule has 18 heavy (non-hydrogen) atoms. The molecule has 1 aromatic heterocycles. The molecule has 0 unspecified atom stereocenters. The summed E-state index contributed by atoms with van der Waals surface area (Å²) in [4.78, 5) is 14.7. The molecule has 0 fully saturated rings. The lowest BCUT2D eigenvalue weighted by Crippen LogP contribution is -2.38. The zero-order valence-corrected chi connectivity index (χ0v) is 8.98. The molecule has 5 nitrogen and oxygen atoms in total. The van der Waals surface area contributed by atoms with Crippen LogP contribution >= 0.6 is 0 Å².